The molecule has 0 aliphatic carbocycles. The number of amides is 2. The van der Waals surface area contributed by atoms with E-state index in [9.17, 15) is 18.0 Å². The van der Waals surface area contributed by atoms with Crippen molar-refractivity contribution in [1.82, 2.24) is 4.31 Å². The number of primary amides is 1. The Kier molecular flexibility index (Phi) is 5.96. The van der Waals surface area contributed by atoms with Gasteiger partial charge in [0.25, 0.3) is 5.91 Å². The molecule has 0 aromatic heterocycles. The van der Waals surface area contributed by atoms with Crippen LogP contribution in [0.5, 0.6) is 5.75 Å². The Hall–Kier alpha value is -2.91. The fourth-order valence-electron chi connectivity index (χ4n) is 2.01. The molecule has 0 fully saturated rings. The molecule has 0 spiro atoms. The highest BCUT2D eigenvalue weighted by atomic mass is 32.2. The minimum absolute atomic E-state index is 0.125. The van der Waals surface area contributed by atoms with Crippen molar-refractivity contribution in [1.29, 1.82) is 0 Å². The lowest BCUT2D eigenvalue weighted by Gasteiger charge is -2.12. The number of hydrogen-bond acceptors (Lipinski definition) is 5. The molecule has 8 nitrogen and oxygen atoms in total. The second-order valence-electron chi connectivity index (χ2n) is 5.54. The van der Waals surface area contributed by atoms with Crippen LogP contribution in [0.3, 0.4) is 0 Å². The van der Waals surface area contributed by atoms with Gasteiger partial charge in [0.15, 0.2) is 6.61 Å². The highest BCUT2D eigenvalue weighted by Crippen LogP contribution is 2.17. The van der Waals surface area contributed by atoms with Crippen molar-refractivity contribution in [2.24, 2.45) is 5.73 Å². The van der Waals surface area contributed by atoms with E-state index in [0.29, 0.717) is 11.4 Å². The lowest BCUT2D eigenvalue weighted by molar-refractivity contribution is -0.118. The number of hydrogen-bond donors (Lipinski definition) is 2. The number of carbonyl (C=O) groups is 2. The molecule has 2 aromatic rings. The molecule has 0 aliphatic rings. The van der Waals surface area contributed by atoms with Gasteiger partial charge in [-0.1, -0.05) is 6.07 Å². The number of nitrogens with two attached hydrogens (primary N) is 1. The smallest absolute Gasteiger partial charge is 0.262 e. The standard InChI is InChI=1S/C17H19N3O5S/c1-20(2)26(23,24)15-8-6-13(7-9-15)19-16(21)11-25-14-5-3-4-12(10-14)17(18)22/h3-10H,11H2,1-2H3,(H2,18,22)(H,19,21). The summed E-state index contributed by atoms with van der Waals surface area (Å²) in [7, 11) is -0.641. The van der Waals surface area contributed by atoms with Gasteiger partial charge >= 0.3 is 0 Å². The van der Waals surface area contributed by atoms with E-state index in [-0.39, 0.29) is 17.1 Å². The van der Waals surface area contributed by atoms with Crippen LogP contribution in [0.2, 0.25) is 0 Å². The zero-order valence-electron chi connectivity index (χ0n) is 14.3. The van der Waals surface area contributed by atoms with E-state index in [1.807, 2.05) is 0 Å². The fraction of sp³-hybridized carbons (Fsp3) is 0.176. The van der Waals surface area contributed by atoms with Crippen LogP contribution in [0.4, 0.5) is 5.69 Å². The molecule has 0 atom stereocenters. The quantitative estimate of drug-likeness (QED) is 0.748. The molecule has 2 aromatic carbocycles. The van der Waals surface area contributed by atoms with Crippen LogP contribution in [0.15, 0.2) is 53.4 Å². The summed E-state index contributed by atoms with van der Waals surface area (Å²) < 4.78 is 30.4. The molecule has 9 heteroatoms. The molecule has 0 unspecified atom stereocenters. The zero-order chi connectivity index (χ0) is 19.3. The van der Waals surface area contributed by atoms with Crippen LogP contribution in [0.25, 0.3) is 0 Å². The van der Waals surface area contributed by atoms with E-state index in [1.165, 1.54) is 44.4 Å². The summed E-state index contributed by atoms with van der Waals surface area (Å²) in [6, 6.07) is 12.0. The van der Waals surface area contributed by atoms with Gasteiger partial charge in [-0.25, -0.2) is 12.7 Å². The first kappa shape index (κ1) is 19.4. The van der Waals surface area contributed by atoms with Crippen molar-refractivity contribution >= 4 is 27.5 Å². The van der Waals surface area contributed by atoms with Crippen LogP contribution in [-0.4, -0.2) is 45.2 Å². The molecular weight excluding hydrogens is 358 g/mol. The molecular formula is C17H19N3O5S. The van der Waals surface area contributed by atoms with Crippen molar-refractivity contribution in [3.8, 4) is 5.75 Å². The minimum atomic E-state index is -3.52. The largest absolute Gasteiger partial charge is 0.484 e. The Morgan fingerprint density at radius 1 is 1.12 bits per heavy atom. The van der Waals surface area contributed by atoms with Gasteiger partial charge in [0.2, 0.25) is 15.9 Å². The maximum atomic E-state index is 12.0. The van der Waals surface area contributed by atoms with Crippen LogP contribution in [0.1, 0.15) is 10.4 Å². The summed E-state index contributed by atoms with van der Waals surface area (Å²) in [5, 5.41) is 2.59. The van der Waals surface area contributed by atoms with Gasteiger partial charge in [-0.2, -0.15) is 0 Å². The number of sulfonamides is 1. The summed E-state index contributed by atoms with van der Waals surface area (Å²) >= 11 is 0. The van der Waals surface area contributed by atoms with E-state index in [1.54, 1.807) is 18.2 Å². The zero-order valence-corrected chi connectivity index (χ0v) is 15.1. The average Bonchev–Trinajstić information content (AvgIpc) is 2.60. The molecule has 3 N–H and O–H groups in total. The maximum Gasteiger partial charge on any atom is 0.262 e. The van der Waals surface area contributed by atoms with E-state index in [4.69, 9.17) is 10.5 Å². The molecule has 0 saturated carbocycles. The SMILES string of the molecule is CN(C)S(=O)(=O)c1ccc(NC(=O)COc2cccc(C(N)=O)c2)cc1. The Bertz CT molecular complexity index is 908. The average molecular weight is 377 g/mol. The number of rotatable bonds is 7. The van der Waals surface area contributed by atoms with Crippen molar-refractivity contribution < 1.29 is 22.7 Å². The molecule has 26 heavy (non-hydrogen) atoms. The topological polar surface area (TPSA) is 119 Å². The lowest BCUT2D eigenvalue weighted by atomic mass is 10.2. The Morgan fingerprint density at radius 3 is 2.35 bits per heavy atom. The Labute approximate surface area is 151 Å². The molecule has 0 saturated heterocycles. The van der Waals surface area contributed by atoms with E-state index in [0.717, 1.165) is 4.31 Å². The second-order valence-corrected chi connectivity index (χ2v) is 7.69. The molecule has 138 valence electrons. The summed E-state index contributed by atoms with van der Waals surface area (Å²) in [4.78, 5) is 23.2. The van der Waals surface area contributed by atoms with Crippen LogP contribution in [-0.2, 0) is 14.8 Å². The summed E-state index contributed by atoms with van der Waals surface area (Å²) in [5.74, 6) is -0.686. The number of nitrogens with one attached hydrogen (secondary N) is 1. The van der Waals surface area contributed by atoms with Gasteiger partial charge in [-0.15, -0.1) is 0 Å². The monoisotopic (exact) mass is 377 g/mol. The van der Waals surface area contributed by atoms with E-state index >= 15 is 0 Å². The number of anilines is 1. The van der Waals surface area contributed by atoms with Crippen molar-refractivity contribution in [3.05, 3.63) is 54.1 Å². The normalized spacial score (nSPS) is 11.2. The summed E-state index contributed by atoms with van der Waals surface area (Å²) in [6.45, 7) is -0.278. The number of benzene rings is 2. The van der Waals surface area contributed by atoms with Gasteiger partial charge in [-0.05, 0) is 42.5 Å². The third kappa shape index (κ3) is 4.80. The van der Waals surface area contributed by atoms with Gasteiger partial charge in [-0.3, -0.25) is 9.59 Å². The number of ether oxygens (including phenoxy) is 1. The van der Waals surface area contributed by atoms with Crippen molar-refractivity contribution in [2.45, 2.75) is 4.90 Å². The molecule has 0 bridgehead atoms. The lowest BCUT2D eigenvalue weighted by Crippen LogP contribution is -2.22. The number of carbonyl (C=O) groups excluding carboxylic acids is 2. The summed E-state index contributed by atoms with van der Waals surface area (Å²) in [5.41, 5.74) is 5.89. The molecule has 0 aliphatic heterocycles. The first-order valence-corrected chi connectivity index (χ1v) is 8.99. The highest BCUT2D eigenvalue weighted by Gasteiger charge is 2.16. The maximum absolute atomic E-state index is 12.0. The first-order chi connectivity index (χ1) is 12.2. The fourth-order valence-corrected chi connectivity index (χ4v) is 2.91. The Balaban J connectivity index is 1.96. The van der Waals surface area contributed by atoms with E-state index in [2.05, 4.69) is 5.32 Å². The molecule has 2 amide bonds. The second kappa shape index (κ2) is 7.98. The predicted octanol–water partition coefficient (Wildman–Crippen LogP) is 1.05. The third-order valence-electron chi connectivity index (χ3n) is 3.41. The predicted molar refractivity (Wildman–Crippen MR) is 96.4 cm³/mol. The third-order valence-corrected chi connectivity index (χ3v) is 5.23. The highest BCUT2D eigenvalue weighted by molar-refractivity contribution is 7.89. The van der Waals surface area contributed by atoms with Crippen LogP contribution < -0.4 is 15.8 Å². The summed E-state index contributed by atoms with van der Waals surface area (Å²) in [6.07, 6.45) is 0. The van der Waals surface area contributed by atoms with Crippen molar-refractivity contribution in [2.75, 3.05) is 26.0 Å². The van der Waals surface area contributed by atoms with Crippen LogP contribution >= 0.6 is 0 Å². The van der Waals surface area contributed by atoms with Crippen molar-refractivity contribution in [3.63, 3.8) is 0 Å². The van der Waals surface area contributed by atoms with Crippen LogP contribution in [0, 0.1) is 0 Å². The molecule has 2 rings (SSSR count). The minimum Gasteiger partial charge on any atom is -0.484 e. The Morgan fingerprint density at radius 2 is 1.77 bits per heavy atom. The number of nitrogens with zero attached hydrogens (tertiary/aromatic N) is 1. The van der Waals surface area contributed by atoms with Gasteiger partial charge in [0, 0.05) is 25.3 Å². The first-order valence-electron chi connectivity index (χ1n) is 7.55. The van der Waals surface area contributed by atoms with Gasteiger partial charge in [0.05, 0.1) is 4.90 Å². The van der Waals surface area contributed by atoms with Gasteiger partial charge < -0.3 is 15.8 Å². The molecule has 0 heterocycles. The molecule has 0 radical (unpaired) electrons. The van der Waals surface area contributed by atoms with Gasteiger partial charge in [0.1, 0.15) is 5.75 Å². The van der Waals surface area contributed by atoms with E-state index < -0.39 is 21.8 Å².